The number of carbonyl (C=O) groups excluding carboxylic acids is 2. The molecule has 1 heterocycles. The largest absolute Gasteiger partial charge is 0.481 e. The van der Waals surface area contributed by atoms with Crippen LogP contribution in [0.25, 0.3) is 11.1 Å². The standard InChI is InChI=1S/C21H23NO5S/c1-12-6-5-7-13(10-12)16-11-28-19(17(16)21(26)27-2)22-18(23)14-8-3-4-9-15(14)20(24)25/h5-7,10-11,14-15H,3-4,8-9H2,1-2H3,(H,22,23)(H,24,25)/t14-,15-/m0/s1. The van der Waals surface area contributed by atoms with Crippen molar-refractivity contribution in [1.29, 1.82) is 0 Å². The number of carbonyl (C=O) groups is 3. The maximum atomic E-state index is 12.8. The van der Waals surface area contributed by atoms with Crippen LogP contribution < -0.4 is 5.32 Å². The highest BCUT2D eigenvalue weighted by Gasteiger charge is 2.36. The van der Waals surface area contributed by atoms with E-state index in [4.69, 9.17) is 4.74 Å². The number of carboxylic acids is 1. The molecule has 0 unspecified atom stereocenters. The number of thiophene rings is 1. The van der Waals surface area contributed by atoms with Crippen LogP contribution in [-0.2, 0) is 14.3 Å². The summed E-state index contributed by atoms with van der Waals surface area (Å²) in [6.07, 6.45) is 2.66. The van der Waals surface area contributed by atoms with Crippen LogP contribution in [0.5, 0.6) is 0 Å². The summed E-state index contributed by atoms with van der Waals surface area (Å²) in [7, 11) is 1.30. The fourth-order valence-electron chi connectivity index (χ4n) is 3.72. The lowest BCUT2D eigenvalue weighted by Gasteiger charge is -2.27. The fourth-order valence-corrected chi connectivity index (χ4v) is 4.68. The second-order valence-corrected chi connectivity index (χ2v) is 7.92. The second kappa shape index (κ2) is 8.56. The van der Waals surface area contributed by atoms with Gasteiger partial charge >= 0.3 is 11.9 Å². The van der Waals surface area contributed by atoms with E-state index in [0.29, 0.717) is 29.0 Å². The Morgan fingerprint density at radius 1 is 1.18 bits per heavy atom. The first-order valence-electron chi connectivity index (χ1n) is 9.23. The van der Waals surface area contributed by atoms with Gasteiger partial charge in [-0.25, -0.2) is 4.79 Å². The molecule has 1 aliphatic carbocycles. The quantitative estimate of drug-likeness (QED) is 0.727. The molecule has 6 nitrogen and oxygen atoms in total. The van der Waals surface area contributed by atoms with Gasteiger partial charge < -0.3 is 15.2 Å². The van der Waals surface area contributed by atoms with Gasteiger partial charge in [-0.3, -0.25) is 9.59 Å². The number of ether oxygens (including phenoxy) is 1. The normalized spacial score (nSPS) is 19.1. The molecule has 1 amide bonds. The summed E-state index contributed by atoms with van der Waals surface area (Å²) in [4.78, 5) is 36.8. The molecule has 2 N–H and O–H groups in total. The summed E-state index contributed by atoms with van der Waals surface area (Å²) in [5, 5.41) is 14.4. The van der Waals surface area contributed by atoms with Gasteiger partial charge in [-0.2, -0.15) is 0 Å². The summed E-state index contributed by atoms with van der Waals surface area (Å²) >= 11 is 1.24. The number of anilines is 1. The molecule has 0 spiro atoms. The van der Waals surface area contributed by atoms with E-state index < -0.39 is 23.8 Å². The van der Waals surface area contributed by atoms with Crippen LogP contribution in [0.1, 0.15) is 41.6 Å². The number of hydrogen-bond donors (Lipinski definition) is 2. The van der Waals surface area contributed by atoms with E-state index in [0.717, 1.165) is 24.0 Å². The van der Waals surface area contributed by atoms with Gasteiger partial charge in [0.2, 0.25) is 5.91 Å². The minimum absolute atomic E-state index is 0.300. The molecule has 2 atom stereocenters. The Hall–Kier alpha value is -2.67. The molecule has 0 aliphatic heterocycles. The van der Waals surface area contributed by atoms with Gasteiger partial charge in [-0.15, -0.1) is 11.3 Å². The number of benzene rings is 1. The van der Waals surface area contributed by atoms with Crippen molar-refractivity contribution < 1.29 is 24.2 Å². The van der Waals surface area contributed by atoms with E-state index in [-0.39, 0.29) is 5.91 Å². The number of amides is 1. The van der Waals surface area contributed by atoms with E-state index >= 15 is 0 Å². The van der Waals surface area contributed by atoms with E-state index in [9.17, 15) is 19.5 Å². The van der Waals surface area contributed by atoms with Crippen LogP contribution in [-0.4, -0.2) is 30.1 Å². The highest BCUT2D eigenvalue weighted by atomic mass is 32.1. The van der Waals surface area contributed by atoms with Gasteiger partial charge in [0.25, 0.3) is 0 Å². The number of rotatable bonds is 5. The Balaban J connectivity index is 1.92. The summed E-state index contributed by atoms with van der Waals surface area (Å²) in [6, 6.07) is 7.73. The maximum absolute atomic E-state index is 12.8. The fraction of sp³-hybridized carbons (Fsp3) is 0.381. The van der Waals surface area contributed by atoms with Crippen LogP contribution in [0.2, 0.25) is 0 Å². The summed E-state index contributed by atoms with van der Waals surface area (Å²) in [5.41, 5.74) is 2.90. The highest BCUT2D eigenvalue weighted by Crippen LogP contribution is 2.38. The van der Waals surface area contributed by atoms with Gasteiger partial charge in [0, 0.05) is 10.9 Å². The van der Waals surface area contributed by atoms with Crippen LogP contribution >= 0.6 is 11.3 Å². The molecule has 2 aromatic rings. The molecular formula is C21H23NO5S. The van der Waals surface area contributed by atoms with Crippen molar-refractivity contribution in [1.82, 2.24) is 0 Å². The SMILES string of the molecule is COC(=O)c1c(-c2cccc(C)c2)csc1NC(=O)[C@H]1CCCC[C@@H]1C(=O)O. The zero-order valence-electron chi connectivity index (χ0n) is 15.9. The Bertz CT molecular complexity index is 904. The average molecular weight is 401 g/mol. The molecule has 0 saturated heterocycles. The molecule has 1 aromatic heterocycles. The third-order valence-corrected chi connectivity index (χ3v) is 6.06. The van der Waals surface area contributed by atoms with Crippen LogP contribution in [0, 0.1) is 18.8 Å². The molecule has 28 heavy (non-hydrogen) atoms. The third-order valence-electron chi connectivity index (χ3n) is 5.17. The number of hydrogen-bond acceptors (Lipinski definition) is 5. The first-order valence-corrected chi connectivity index (χ1v) is 10.1. The van der Waals surface area contributed by atoms with Gasteiger partial charge in [-0.1, -0.05) is 42.7 Å². The van der Waals surface area contributed by atoms with Gasteiger partial charge in [0.1, 0.15) is 10.6 Å². The number of aryl methyl sites for hydroxylation is 1. The van der Waals surface area contributed by atoms with Crippen LogP contribution in [0.15, 0.2) is 29.6 Å². The van der Waals surface area contributed by atoms with E-state index in [1.807, 2.05) is 36.6 Å². The maximum Gasteiger partial charge on any atom is 0.341 e. The Morgan fingerprint density at radius 3 is 2.54 bits per heavy atom. The number of methoxy groups -OCH3 is 1. The van der Waals surface area contributed by atoms with Crippen molar-refractivity contribution in [3.8, 4) is 11.1 Å². The molecule has 1 saturated carbocycles. The zero-order valence-corrected chi connectivity index (χ0v) is 16.7. The zero-order chi connectivity index (χ0) is 20.3. The van der Waals surface area contributed by atoms with Crippen molar-refractivity contribution in [2.45, 2.75) is 32.6 Å². The first kappa shape index (κ1) is 20.1. The number of carboxylic acid groups (broad SMARTS) is 1. The Labute approximate surface area is 167 Å². The minimum atomic E-state index is -0.945. The van der Waals surface area contributed by atoms with Crippen molar-refractivity contribution in [2.24, 2.45) is 11.8 Å². The van der Waals surface area contributed by atoms with Gasteiger partial charge in [0.05, 0.1) is 18.9 Å². The lowest BCUT2D eigenvalue weighted by atomic mass is 9.79. The van der Waals surface area contributed by atoms with Gasteiger partial charge in [-0.05, 0) is 25.3 Å². The van der Waals surface area contributed by atoms with Crippen molar-refractivity contribution >= 4 is 34.2 Å². The monoisotopic (exact) mass is 401 g/mol. The van der Waals surface area contributed by atoms with Gasteiger partial charge in [0.15, 0.2) is 0 Å². The smallest absolute Gasteiger partial charge is 0.341 e. The topological polar surface area (TPSA) is 92.7 Å². The number of nitrogens with one attached hydrogen (secondary N) is 1. The predicted molar refractivity (Wildman–Crippen MR) is 108 cm³/mol. The Kier molecular flexibility index (Phi) is 6.14. The summed E-state index contributed by atoms with van der Waals surface area (Å²) in [6.45, 7) is 1.96. The average Bonchev–Trinajstić information content (AvgIpc) is 3.10. The summed E-state index contributed by atoms with van der Waals surface area (Å²) in [5.74, 6) is -3.12. The molecule has 7 heteroatoms. The molecule has 1 aromatic carbocycles. The lowest BCUT2D eigenvalue weighted by molar-refractivity contribution is -0.147. The molecule has 148 valence electrons. The minimum Gasteiger partial charge on any atom is -0.481 e. The van der Waals surface area contributed by atoms with Crippen molar-refractivity contribution in [2.75, 3.05) is 12.4 Å². The molecular weight excluding hydrogens is 378 g/mol. The molecule has 1 aliphatic rings. The molecule has 0 radical (unpaired) electrons. The van der Waals surface area contributed by atoms with E-state index in [2.05, 4.69) is 5.32 Å². The van der Waals surface area contributed by atoms with E-state index in [1.54, 1.807) is 0 Å². The Morgan fingerprint density at radius 2 is 1.89 bits per heavy atom. The number of aliphatic carboxylic acids is 1. The highest BCUT2D eigenvalue weighted by molar-refractivity contribution is 7.15. The molecule has 3 rings (SSSR count). The molecule has 0 bridgehead atoms. The number of esters is 1. The summed E-state index contributed by atoms with van der Waals surface area (Å²) < 4.78 is 4.94. The van der Waals surface area contributed by atoms with Crippen LogP contribution in [0.3, 0.4) is 0 Å². The van der Waals surface area contributed by atoms with E-state index in [1.165, 1.54) is 18.4 Å². The molecule has 1 fully saturated rings. The predicted octanol–water partition coefficient (Wildman–Crippen LogP) is 4.34. The van der Waals surface area contributed by atoms with Crippen molar-refractivity contribution in [3.05, 3.63) is 40.8 Å². The second-order valence-electron chi connectivity index (χ2n) is 7.04. The third kappa shape index (κ3) is 4.09. The van der Waals surface area contributed by atoms with Crippen LogP contribution in [0.4, 0.5) is 5.00 Å². The lowest BCUT2D eigenvalue weighted by Crippen LogP contribution is -2.36. The first-order chi connectivity index (χ1) is 13.4. The van der Waals surface area contributed by atoms with Crippen molar-refractivity contribution in [3.63, 3.8) is 0 Å².